The van der Waals surface area contributed by atoms with E-state index in [1.807, 2.05) is 12.1 Å². The smallest absolute Gasteiger partial charge is 0.120 e. The van der Waals surface area contributed by atoms with Crippen molar-refractivity contribution in [3.8, 4) is 5.75 Å². The van der Waals surface area contributed by atoms with Gasteiger partial charge in [0.05, 0.1) is 7.11 Å². The van der Waals surface area contributed by atoms with E-state index in [-0.39, 0.29) is 0 Å². The Morgan fingerprint density at radius 3 is 2.67 bits per heavy atom. The SMILES string of the molecule is CCNC(c1ccc(OC)cc1Cl)C1CCCC1. The molecule has 1 fully saturated rings. The van der Waals surface area contributed by atoms with E-state index in [9.17, 15) is 0 Å². The first kappa shape index (κ1) is 13.7. The largest absolute Gasteiger partial charge is 0.497 e. The highest BCUT2D eigenvalue weighted by atomic mass is 35.5. The number of rotatable bonds is 5. The summed E-state index contributed by atoms with van der Waals surface area (Å²) in [7, 11) is 1.67. The molecule has 0 heterocycles. The zero-order valence-electron chi connectivity index (χ0n) is 11.2. The van der Waals surface area contributed by atoms with Gasteiger partial charge < -0.3 is 10.1 Å². The van der Waals surface area contributed by atoms with Gasteiger partial charge >= 0.3 is 0 Å². The van der Waals surface area contributed by atoms with Crippen molar-refractivity contribution in [2.75, 3.05) is 13.7 Å². The van der Waals surface area contributed by atoms with Crippen LogP contribution in [0.5, 0.6) is 5.75 Å². The lowest BCUT2D eigenvalue weighted by molar-refractivity contribution is 0.373. The Morgan fingerprint density at radius 2 is 2.11 bits per heavy atom. The first-order valence-corrected chi connectivity index (χ1v) is 7.21. The van der Waals surface area contributed by atoms with Gasteiger partial charge in [-0.3, -0.25) is 0 Å². The van der Waals surface area contributed by atoms with Crippen LogP contribution in [0.2, 0.25) is 5.02 Å². The highest BCUT2D eigenvalue weighted by Crippen LogP contribution is 2.38. The van der Waals surface area contributed by atoms with Gasteiger partial charge in [-0.2, -0.15) is 0 Å². The van der Waals surface area contributed by atoms with E-state index >= 15 is 0 Å². The number of nitrogens with one attached hydrogen (secondary N) is 1. The van der Waals surface area contributed by atoms with Crippen molar-refractivity contribution >= 4 is 11.6 Å². The second-order valence-corrected chi connectivity index (χ2v) is 5.37. The average Bonchev–Trinajstić information content (AvgIpc) is 2.90. The summed E-state index contributed by atoms with van der Waals surface area (Å²) in [6.45, 7) is 3.13. The lowest BCUT2D eigenvalue weighted by Crippen LogP contribution is -2.27. The van der Waals surface area contributed by atoms with Gasteiger partial charge in [0, 0.05) is 11.1 Å². The minimum atomic E-state index is 0.385. The van der Waals surface area contributed by atoms with Crippen molar-refractivity contribution in [3.63, 3.8) is 0 Å². The summed E-state index contributed by atoms with van der Waals surface area (Å²) in [6, 6.07) is 6.40. The molecule has 1 aliphatic carbocycles. The molecule has 1 N–H and O–H groups in total. The van der Waals surface area contributed by atoms with E-state index in [2.05, 4.69) is 18.3 Å². The fourth-order valence-corrected chi connectivity index (χ4v) is 3.22. The molecule has 0 aromatic heterocycles. The third-order valence-electron chi connectivity index (χ3n) is 3.84. The topological polar surface area (TPSA) is 21.3 Å². The van der Waals surface area contributed by atoms with Crippen LogP contribution in [0.1, 0.15) is 44.2 Å². The predicted octanol–water partition coefficient (Wildman–Crippen LogP) is 4.19. The maximum Gasteiger partial charge on any atom is 0.120 e. The molecule has 0 bridgehead atoms. The van der Waals surface area contributed by atoms with Crippen LogP contribution in [-0.4, -0.2) is 13.7 Å². The Balaban J connectivity index is 2.23. The van der Waals surface area contributed by atoms with E-state index < -0.39 is 0 Å². The maximum absolute atomic E-state index is 6.40. The normalized spacial score (nSPS) is 17.9. The van der Waals surface area contributed by atoms with Gasteiger partial charge in [0.2, 0.25) is 0 Å². The Labute approximate surface area is 115 Å². The van der Waals surface area contributed by atoms with E-state index in [0.717, 1.165) is 23.2 Å². The van der Waals surface area contributed by atoms with Gasteiger partial charge in [-0.05, 0) is 43.0 Å². The van der Waals surface area contributed by atoms with Crippen molar-refractivity contribution in [2.45, 2.75) is 38.6 Å². The van der Waals surface area contributed by atoms with Crippen LogP contribution in [0.4, 0.5) is 0 Å². The molecule has 1 unspecified atom stereocenters. The Kier molecular flexibility index (Phi) is 4.90. The van der Waals surface area contributed by atoms with E-state index in [1.165, 1.54) is 31.2 Å². The van der Waals surface area contributed by atoms with E-state index in [1.54, 1.807) is 7.11 Å². The number of ether oxygens (including phenoxy) is 1. The fraction of sp³-hybridized carbons (Fsp3) is 0.600. The summed E-state index contributed by atoms with van der Waals surface area (Å²) < 4.78 is 5.21. The molecule has 0 saturated heterocycles. The Hall–Kier alpha value is -0.730. The lowest BCUT2D eigenvalue weighted by atomic mass is 9.91. The number of halogens is 1. The second-order valence-electron chi connectivity index (χ2n) is 4.97. The quantitative estimate of drug-likeness (QED) is 0.864. The first-order chi connectivity index (χ1) is 8.76. The molecular weight excluding hydrogens is 246 g/mol. The third-order valence-corrected chi connectivity index (χ3v) is 4.17. The van der Waals surface area contributed by atoms with Crippen LogP contribution in [-0.2, 0) is 0 Å². The molecule has 2 nitrogen and oxygen atoms in total. The molecule has 100 valence electrons. The van der Waals surface area contributed by atoms with Crippen molar-refractivity contribution in [3.05, 3.63) is 28.8 Å². The number of hydrogen-bond donors (Lipinski definition) is 1. The van der Waals surface area contributed by atoms with Crippen molar-refractivity contribution < 1.29 is 4.74 Å². The van der Waals surface area contributed by atoms with Gasteiger partial charge in [0.15, 0.2) is 0 Å². The van der Waals surface area contributed by atoms with Crippen LogP contribution in [0.25, 0.3) is 0 Å². The zero-order chi connectivity index (χ0) is 13.0. The minimum Gasteiger partial charge on any atom is -0.497 e. The standard InChI is InChI=1S/C15H22ClNO/c1-3-17-15(11-6-4-5-7-11)13-9-8-12(18-2)10-14(13)16/h8-11,15,17H,3-7H2,1-2H3. The highest BCUT2D eigenvalue weighted by molar-refractivity contribution is 6.31. The number of hydrogen-bond acceptors (Lipinski definition) is 2. The van der Waals surface area contributed by atoms with E-state index in [4.69, 9.17) is 16.3 Å². The summed E-state index contributed by atoms with van der Waals surface area (Å²) >= 11 is 6.40. The van der Waals surface area contributed by atoms with Crippen molar-refractivity contribution in [2.24, 2.45) is 5.92 Å². The molecule has 1 aromatic rings. The third kappa shape index (κ3) is 2.99. The summed E-state index contributed by atoms with van der Waals surface area (Å²) in [5.41, 5.74) is 1.21. The molecule has 1 aliphatic rings. The number of methoxy groups -OCH3 is 1. The summed E-state index contributed by atoms with van der Waals surface area (Å²) in [6.07, 6.45) is 5.31. The summed E-state index contributed by atoms with van der Waals surface area (Å²) in [4.78, 5) is 0. The van der Waals surface area contributed by atoms with Crippen LogP contribution < -0.4 is 10.1 Å². The first-order valence-electron chi connectivity index (χ1n) is 6.83. The molecule has 0 radical (unpaired) electrons. The van der Waals surface area contributed by atoms with Crippen LogP contribution >= 0.6 is 11.6 Å². The molecule has 1 atom stereocenters. The molecule has 0 amide bonds. The Morgan fingerprint density at radius 1 is 1.39 bits per heavy atom. The predicted molar refractivity (Wildman–Crippen MR) is 76.4 cm³/mol. The molecule has 0 spiro atoms. The van der Waals surface area contributed by atoms with Crippen molar-refractivity contribution in [1.82, 2.24) is 5.32 Å². The fourth-order valence-electron chi connectivity index (χ4n) is 2.93. The van der Waals surface area contributed by atoms with Crippen LogP contribution in [0.15, 0.2) is 18.2 Å². The molecule has 18 heavy (non-hydrogen) atoms. The molecular formula is C15H22ClNO. The molecule has 1 aromatic carbocycles. The zero-order valence-corrected chi connectivity index (χ0v) is 12.0. The van der Waals surface area contributed by atoms with Crippen molar-refractivity contribution in [1.29, 1.82) is 0 Å². The molecule has 0 aliphatic heterocycles. The monoisotopic (exact) mass is 267 g/mol. The van der Waals surface area contributed by atoms with Gasteiger partial charge in [-0.1, -0.05) is 37.4 Å². The van der Waals surface area contributed by atoms with Gasteiger partial charge in [-0.25, -0.2) is 0 Å². The van der Waals surface area contributed by atoms with Gasteiger partial charge in [0.1, 0.15) is 5.75 Å². The second kappa shape index (κ2) is 6.44. The maximum atomic E-state index is 6.40. The minimum absolute atomic E-state index is 0.385. The summed E-state index contributed by atoms with van der Waals surface area (Å²) in [5.74, 6) is 1.54. The Bertz CT molecular complexity index is 388. The van der Waals surface area contributed by atoms with E-state index in [0.29, 0.717) is 6.04 Å². The molecule has 3 heteroatoms. The molecule has 2 rings (SSSR count). The van der Waals surface area contributed by atoms with Gasteiger partial charge in [0.25, 0.3) is 0 Å². The molecule has 1 saturated carbocycles. The lowest BCUT2D eigenvalue weighted by Gasteiger charge is -2.26. The van der Waals surface area contributed by atoms with Crippen LogP contribution in [0.3, 0.4) is 0 Å². The average molecular weight is 268 g/mol. The van der Waals surface area contributed by atoms with Gasteiger partial charge in [-0.15, -0.1) is 0 Å². The summed E-state index contributed by atoms with van der Waals surface area (Å²) in [5, 5.41) is 4.41. The van der Waals surface area contributed by atoms with Crippen LogP contribution in [0, 0.1) is 5.92 Å². The highest BCUT2D eigenvalue weighted by Gasteiger charge is 2.27. The number of benzene rings is 1.